The van der Waals surface area contributed by atoms with Crippen LogP contribution in [0.15, 0.2) is 5.10 Å². The fourth-order valence-electron chi connectivity index (χ4n) is 0.934. The van der Waals surface area contributed by atoms with E-state index in [1.54, 1.807) is 0 Å². The molecule has 1 atom stereocenters. The molecule has 0 aromatic rings. The third-order valence-electron chi connectivity index (χ3n) is 1.64. The van der Waals surface area contributed by atoms with Crippen molar-refractivity contribution < 1.29 is 0 Å². The van der Waals surface area contributed by atoms with Crippen LogP contribution in [-0.4, -0.2) is 11.9 Å². The molecule has 10 heavy (non-hydrogen) atoms. The van der Waals surface area contributed by atoms with E-state index in [2.05, 4.69) is 31.3 Å². The van der Waals surface area contributed by atoms with Gasteiger partial charge in [-0.25, -0.2) is 0 Å². The van der Waals surface area contributed by atoms with Gasteiger partial charge >= 0.3 is 0 Å². The molecule has 1 rings (SSSR count). The standard InChI is InChI=1S/C7H15N3/c1-7(2,3)5-4-6(8)10-9-5/h6,10H,4,8H2,1-3H3. The van der Waals surface area contributed by atoms with E-state index in [4.69, 9.17) is 5.73 Å². The number of hydrogen-bond acceptors (Lipinski definition) is 3. The van der Waals surface area contributed by atoms with Crippen molar-refractivity contribution >= 4 is 5.71 Å². The second-order valence-corrected chi connectivity index (χ2v) is 3.75. The monoisotopic (exact) mass is 141 g/mol. The third kappa shape index (κ3) is 1.48. The molecule has 1 aliphatic rings. The van der Waals surface area contributed by atoms with E-state index < -0.39 is 0 Å². The molecule has 3 N–H and O–H groups in total. The van der Waals surface area contributed by atoms with Crippen molar-refractivity contribution in [2.24, 2.45) is 16.3 Å². The van der Waals surface area contributed by atoms with Crippen molar-refractivity contribution in [2.45, 2.75) is 33.4 Å². The molecule has 0 saturated heterocycles. The Kier molecular flexibility index (Phi) is 1.68. The molecule has 1 heterocycles. The second-order valence-electron chi connectivity index (χ2n) is 3.75. The average Bonchev–Trinajstić information content (AvgIpc) is 2.11. The molecule has 0 aliphatic carbocycles. The summed E-state index contributed by atoms with van der Waals surface area (Å²) in [4.78, 5) is 0. The highest BCUT2D eigenvalue weighted by atomic mass is 15.4. The molecule has 1 aliphatic heterocycles. The van der Waals surface area contributed by atoms with Crippen molar-refractivity contribution in [3.05, 3.63) is 0 Å². The summed E-state index contributed by atoms with van der Waals surface area (Å²) in [5, 5.41) is 4.13. The molecule has 1 unspecified atom stereocenters. The van der Waals surface area contributed by atoms with Crippen molar-refractivity contribution in [1.29, 1.82) is 0 Å². The maximum atomic E-state index is 5.60. The van der Waals surface area contributed by atoms with Gasteiger partial charge in [-0.2, -0.15) is 5.10 Å². The smallest absolute Gasteiger partial charge is 0.0962 e. The van der Waals surface area contributed by atoms with E-state index >= 15 is 0 Å². The highest BCUT2D eigenvalue weighted by molar-refractivity contribution is 5.90. The summed E-state index contributed by atoms with van der Waals surface area (Å²) in [6.45, 7) is 6.43. The number of hydrogen-bond donors (Lipinski definition) is 2. The first-order valence-electron chi connectivity index (χ1n) is 3.58. The van der Waals surface area contributed by atoms with Crippen molar-refractivity contribution in [2.75, 3.05) is 0 Å². The van der Waals surface area contributed by atoms with Gasteiger partial charge in [0.2, 0.25) is 0 Å². The zero-order valence-electron chi connectivity index (χ0n) is 6.81. The maximum absolute atomic E-state index is 5.60. The molecular formula is C7H15N3. The summed E-state index contributed by atoms with van der Waals surface area (Å²) in [6, 6.07) is 0. The number of hydrazone groups is 1. The lowest BCUT2D eigenvalue weighted by Gasteiger charge is -2.16. The van der Waals surface area contributed by atoms with E-state index in [1.807, 2.05) is 0 Å². The van der Waals surface area contributed by atoms with Crippen LogP contribution in [0.2, 0.25) is 0 Å². The minimum Gasteiger partial charge on any atom is -0.310 e. The van der Waals surface area contributed by atoms with Crippen LogP contribution in [0.5, 0.6) is 0 Å². The van der Waals surface area contributed by atoms with Gasteiger partial charge in [0.15, 0.2) is 0 Å². The lowest BCUT2D eigenvalue weighted by Crippen LogP contribution is -2.30. The van der Waals surface area contributed by atoms with Crippen molar-refractivity contribution in [3.63, 3.8) is 0 Å². The average molecular weight is 141 g/mol. The summed E-state index contributed by atoms with van der Waals surface area (Å²) >= 11 is 0. The van der Waals surface area contributed by atoms with Crippen LogP contribution < -0.4 is 11.2 Å². The van der Waals surface area contributed by atoms with Gasteiger partial charge in [0.05, 0.1) is 6.17 Å². The second kappa shape index (κ2) is 2.23. The van der Waals surface area contributed by atoms with Crippen LogP contribution >= 0.6 is 0 Å². The molecule has 0 saturated carbocycles. The number of nitrogens with one attached hydrogen (secondary N) is 1. The lowest BCUT2D eigenvalue weighted by atomic mass is 9.88. The number of rotatable bonds is 0. The predicted molar refractivity (Wildman–Crippen MR) is 42.6 cm³/mol. The van der Waals surface area contributed by atoms with Gasteiger partial charge in [-0.05, 0) is 0 Å². The van der Waals surface area contributed by atoms with Crippen molar-refractivity contribution in [1.82, 2.24) is 5.43 Å². The molecule has 0 aromatic heterocycles. The van der Waals surface area contributed by atoms with Crippen LogP contribution in [0.1, 0.15) is 27.2 Å². The van der Waals surface area contributed by atoms with Gasteiger partial charge in [-0.3, -0.25) is 5.43 Å². The molecule has 0 aromatic carbocycles. The Morgan fingerprint density at radius 3 is 2.40 bits per heavy atom. The normalized spacial score (nSPS) is 26.0. The summed E-state index contributed by atoms with van der Waals surface area (Å²) in [6.07, 6.45) is 0.915. The number of nitrogens with two attached hydrogens (primary N) is 1. The Bertz CT molecular complexity index is 155. The Balaban J connectivity index is 2.60. The maximum Gasteiger partial charge on any atom is 0.0962 e. The minimum absolute atomic E-state index is 0.0363. The summed E-state index contributed by atoms with van der Waals surface area (Å²) < 4.78 is 0. The molecule has 0 fully saturated rings. The SMILES string of the molecule is CC(C)(C)C1=NNC(N)C1. The lowest BCUT2D eigenvalue weighted by molar-refractivity contribution is 0.574. The van der Waals surface area contributed by atoms with Crippen LogP contribution in [0.3, 0.4) is 0 Å². The zero-order valence-corrected chi connectivity index (χ0v) is 6.81. The highest BCUT2D eigenvalue weighted by Crippen LogP contribution is 2.20. The molecule has 0 radical (unpaired) electrons. The summed E-state index contributed by atoms with van der Waals surface area (Å²) in [7, 11) is 0. The van der Waals surface area contributed by atoms with Gasteiger partial charge in [0.25, 0.3) is 0 Å². The first kappa shape index (κ1) is 7.54. The first-order chi connectivity index (χ1) is 4.50. The third-order valence-corrected chi connectivity index (χ3v) is 1.64. The van der Waals surface area contributed by atoms with Gasteiger partial charge in [0, 0.05) is 17.5 Å². The zero-order chi connectivity index (χ0) is 7.78. The van der Waals surface area contributed by atoms with Gasteiger partial charge < -0.3 is 5.73 Å². The molecule has 0 bridgehead atoms. The predicted octanol–water partition coefficient (Wildman–Crippen LogP) is 0.667. The Labute approximate surface area is 61.7 Å². The summed E-state index contributed by atoms with van der Waals surface area (Å²) in [5.41, 5.74) is 9.77. The molecule has 0 amide bonds. The molecule has 3 nitrogen and oxygen atoms in total. The van der Waals surface area contributed by atoms with Gasteiger partial charge in [-0.1, -0.05) is 20.8 Å². The molecule has 3 heteroatoms. The Morgan fingerprint density at radius 2 is 2.20 bits per heavy atom. The van der Waals surface area contributed by atoms with Crippen LogP contribution in [0.4, 0.5) is 0 Å². The van der Waals surface area contributed by atoms with E-state index in [0.717, 1.165) is 6.42 Å². The number of nitrogens with zero attached hydrogens (tertiary/aromatic N) is 1. The van der Waals surface area contributed by atoms with Gasteiger partial charge in [0.1, 0.15) is 0 Å². The van der Waals surface area contributed by atoms with Crippen LogP contribution in [0.25, 0.3) is 0 Å². The molecule has 0 spiro atoms. The quantitative estimate of drug-likeness (QED) is 0.521. The molecule has 58 valence electrons. The fraction of sp³-hybridized carbons (Fsp3) is 0.857. The summed E-state index contributed by atoms with van der Waals surface area (Å²) in [5.74, 6) is 0. The van der Waals surface area contributed by atoms with Crippen LogP contribution in [0, 0.1) is 5.41 Å². The van der Waals surface area contributed by atoms with E-state index in [9.17, 15) is 0 Å². The fourth-order valence-corrected chi connectivity index (χ4v) is 0.934. The highest BCUT2D eigenvalue weighted by Gasteiger charge is 2.24. The topological polar surface area (TPSA) is 50.4 Å². The van der Waals surface area contributed by atoms with E-state index in [-0.39, 0.29) is 11.6 Å². The Morgan fingerprint density at radius 1 is 1.60 bits per heavy atom. The Hall–Kier alpha value is -0.570. The largest absolute Gasteiger partial charge is 0.310 e. The minimum atomic E-state index is 0.0363. The van der Waals surface area contributed by atoms with Crippen molar-refractivity contribution in [3.8, 4) is 0 Å². The van der Waals surface area contributed by atoms with E-state index in [1.165, 1.54) is 5.71 Å². The van der Waals surface area contributed by atoms with Gasteiger partial charge in [-0.15, -0.1) is 0 Å². The first-order valence-corrected chi connectivity index (χ1v) is 3.58. The molecular weight excluding hydrogens is 126 g/mol. The van der Waals surface area contributed by atoms with E-state index in [0.29, 0.717) is 0 Å². The van der Waals surface area contributed by atoms with Crippen LogP contribution in [-0.2, 0) is 0 Å².